The van der Waals surface area contributed by atoms with Crippen LogP contribution in [0.1, 0.15) is 58.6 Å². The SMILES string of the molecule is CCC(CC)Cc1ccc(-c2cc(C(C)(C)C)c(S(C)(C)C)cn2)cc1. The molecule has 0 fully saturated rings. The van der Waals surface area contributed by atoms with E-state index in [0.29, 0.717) is 0 Å². The van der Waals surface area contributed by atoms with Crippen molar-refractivity contribution in [1.82, 2.24) is 4.98 Å². The van der Waals surface area contributed by atoms with E-state index in [1.54, 1.807) is 0 Å². The monoisotopic (exact) mass is 371 g/mol. The second-order valence-electron chi connectivity index (χ2n) is 9.24. The molecule has 1 aromatic carbocycles. The van der Waals surface area contributed by atoms with E-state index < -0.39 is 10.0 Å². The molecule has 1 nitrogen and oxygen atoms in total. The van der Waals surface area contributed by atoms with Crippen molar-refractivity contribution in [2.24, 2.45) is 5.92 Å². The predicted octanol–water partition coefficient (Wildman–Crippen LogP) is 7.08. The van der Waals surface area contributed by atoms with Gasteiger partial charge in [0.1, 0.15) is 0 Å². The van der Waals surface area contributed by atoms with Crippen LogP contribution < -0.4 is 0 Å². The van der Waals surface area contributed by atoms with E-state index in [1.807, 2.05) is 0 Å². The Bertz CT molecular complexity index is 713. The molecule has 0 bridgehead atoms. The van der Waals surface area contributed by atoms with Gasteiger partial charge in [0.15, 0.2) is 0 Å². The summed E-state index contributed by atoms with van der Waals surface area (Å²) in [4.78, 5) is 6.26. The summed E-state index contributed by atoms with van der Waals surface area (Å²) in [6.07, 6.45) is 12.9. The van der Waals surface area contributed by atoms with E-state index in [2.05, 4.69) is 89.9 Å². The van der Waals surface area contributed by atoms with Gasteiger partial charge in [0.25, 0.3) is 0 Å². The molecule has 0 atom stereocenters. The Morgan fingerprint density at radius 1 is 0.962 bits per heavy atom. The molecule has 0 spiro atoms. The molecule has 2 heteroatoms. The molecule has 26 heavy (non-hydrogen) atoms. The van der Waals surface area contributed by atoms with Gasteiger partial charge in [-0.2, -0.15) is 0 Å². The Labute approximate surface area is 163 Å². The van der Waals surface area contributed by atoms with Crippen molar-refractivity contribution in [2.75, 3.05) is 18.8 Å². The predicted molar refractivity (Wildman–Crippen MR) is 120 cm³/mol. The van der Waals surface area contributed by atoms with E-state index in [1.165, 1.54) is 40.8 Å². The first kappa shape index (κ1) is 21.0. The average Bonchev–Trinajstić information content (AvgIpc) is 2.58. The van der Waals surface area contributed by atoms with Crippen molar-refractivity contribution in [2.45, 2.75) is 64.2 Å². The van der Waals surface area contributed by atoms with Gasteiger partial charge < -0.3 is 0 Å². The first-order valence-electron chi connectivity index (χ1n) is 9.84. The molecular weight excluding hydrogens is 334 g/mol. The van der Waals surface area contributed by atoms with Gasteiger partial charge in [-0.25, -0.2) is 10.0 Å². The summed E-state index contributed by atoms with van der Waals surface area (Å²) in [5, 5.41) is 0. The highest BCUT2D eigenvalue weighted by molar-refractivity contribution is 8.32. The smallest absolute Gasteiger partial charge is 0.0705 e. The lowest BCUT2D eigenvalue weighted by atomic mass is 9.86. The van der Waals surface area contributed by atoms with E-state index in [9.17, 15) is 0 Å². The highest BCUT2D eigenvalue weighted by Crippen LogP contribution is 2.49. The molecule has 2 rings (SSSR count). The van der Waals surface area contributed by atoms with Gasteiger partial charge in [0, 0.05) is 16.7 Å². The zero-order chi connectivity index (χ0) is 19.5. The van der Waals surface area contributed by atoms with Crippen LogP contribution >= 0.6 is 10.0 Å². The molecular formula is C24H37NS. The minimum Gasteiger partial charge on any atom is -0.255 e. The molecule has 2 aromatic rings. The third kappa shape index (κ3) is 5.13. The fourth-order valence-electron chi connectivity index (χ4n) is 3.40. The van der Waals surface area contributed by atoms with Crippen LogP contribution in [0.2, 0.25) is 0 Å². The Balaban J connectivity index is 2.37. The number of benzene rings is 1. The zero-order valence-corrected chi connectivity index (χ0v) is 18.8. The maximum atomic E-state index is 4.83. The van der Waals surface area contributed by atoms with Crippen LogP contribution in [0.5, 0.6) is 0 Å². The maximum absolute atomic E-state index is 4.83. The summed E-state index contributed by atoms with van der Waals surface area (Å²) >= 11 is 0. The zero-order valence-electron chi connectivity index (χ0n) is 18.0. The highest BCUT2D eigenvalue weighted by Gasteiger charge is 2.24. The Morgan fingerprint density at radius 3 is 2.00 bits per heavy atom. The van der Waals surface area contributed by atoms with Crippen molar-refractivity contribution in [3.8, 4) is 11.3 Å². The summed E-state index contributed by atoms with van der Waals surface area (Å²) in [7, 11) is -0.804. The number of nitrogens with zero attached hydrogens (tertiary/aromatic N) is 1. The molecule has 1 heterocycles. The normalized spacial score (nSPS) is 13.3. The van der Waals surface area contributed by atoms with Gasteiger partial charge in [0.2, 0.25) is 0 Å². The Morgan fingerprint density at radius 2 is 1.54 bits per heavy atom. The highest BCUT2D eigenvalue weighted by atomic mass is 32.3. The van der Waals surface area contributed by atoms with E-state index in [-0.39, 0.29) is 5.41 Å². The molecule has 144 valence electrons. The summed E-state index contributed by atoms with van der Waals surface area (Å²) in [5.74, 6) is 0.792. The van der Waals surface area contributed by atoms with Gasteiger partial charge in [-0.1, -0.05) is 71.7 Å². The van der Waals surface area contributed by atoms with E-state index in [4.69, 9.17) is 4.98 Å². The first-order valence-corrected chi connectivity index (χ1v) is 12.7. The number of hydrogen-bond donors (Lipinski definition) is 0. The Hall–Kier alpha value is -1.28. The van der Waals surface area contributed by atoms with Crippen molar-refractivity contribution in [3.05, 3.63) is 47.7 Å². The van der Waals surface area contributed by atoms with Crippen LogP contribution in [0.4, 0.5) is 0 Å². The molecule has 0 aliphatic rings. The van der Waals surface area contributed by atoms with Crippen LogP contribution in [-0.4, -0.2) is 23.8 Å². The largest absolute Gasteiger partial charge is 0.255 e. The third-order valence-corrected chi connectivity index (χ3v) is 6.91. The summed E-state index contributed by atoms with van der Waals surface area (Å²) in [6, 6.07) is 11.4. The van der Waals surface area contributed by atoms with Crippen LogP contribution in [0.3, 0.4) is 0 Å². The molecule has 0 unspecified atom stereocenters. The molecule has 0 amide bonds. The molecule has 0 saturated carbocycles. The number of rotatable bonds is 6. The van der Waals surface area contributed by atoms with Gasteiger partial charge in [0.05, 0.1) is 5.69 Å². The second-order valence-corrected chi connectivity index (χ2v) is 13.4. The van der Waals surface area contributed by atoms with E-state index in [0.717, 1.165) is 11.6 Å². The Kier molecular flexibility index (Phi) is 6.60. The minimum absolute atomic E-state index is 0.128. The van der Waals surface area contributed by atoms with Crippen LogP contribution in [0.25, 0.3) is 11.3 Å². The molecule has 0 radical (unpaired) electrons. The number of hydrogen-bond acceptors (Lipinski definition) is 1. The number of pyridine rings is 1. The van der Waals surface area contributed by atoms with Gasteiger partial charge >= 0.3 is 0 Å². The molecule has 0 N–H and O–H groups in total. The molecule has 0 saturated heterocycles. The quantitative estimate of drug-likeness (QED) is 0.529. The summed E-state index contributed by atoms with van der Waals surface area (Å²) in [6.45, 7) is 11.5. The standard InChI is InChI=1S/C24H37NS/c1-9-18(10-2)15-19-11-13-20(14-12-19)22-16-21(24(3,4)5)23(17-25-22)26(6,7)8/h11-14,16-18H,9-10,15H2,1-8H3. The molecule has 0 aliphatic heterocycles. The van der Waals surface area contributed by atoms with Crippen molar-refractivity contribution >= 4 is 10.0 Å². The minimum atomic E-state index is -0.804. The fraction of sp³-hybridized carbons (Fsp3) is 0.542. The van der Waals surface area contributed by atoms with Gasteiger partial charge in [-0.05, 0) is 53.7 Å². The van der Waals surface area contributed by atoms with Crippen molar-refractivity contribution in [3.63, 3.8) is 0 Å². The third-order valence-electron chi connectivity index (χ3n) is 5.26. The average molecular weight is 372 g/mol. The molecule has 0 aliphatic carbocycles. The van der Waals surface area contributed by atoms with Crippen LogP contribution in [-0.2, 0) is 11.8 Å². The van der Waals surface area contributed by atoms with Crippen molar-refractivity contribution in [1.29, 1.82) is 0 Å². The summed E-state index contributed by atoms with van der Waals surface area (Å²) in [5.41, 5.74) is 5.32. The van der Waals surface area contributed by atoms with Crippen molar-refractivity contribution < 1.29 is 0 Å². The topological polar surface area (TPSA) is 12.9 Å². The maximum Gasteiger partial charge on any atom is 0.0705 e. The van der Waals surface area contributed by atoms with Gasteiger partial charge in [-0.3, -0.25) is 4.98 Å². The lowest BCUT2D eigenvalue weighted by molar-refractivity contribution is 0.490. The number of aromatic nitrogens is 1. The first-order chi connectivity index (χ1) is 12.1. The second kappa shape index (κ2) is 8.17. The molecule has 1 aromatic heterocycles. The fourth-order valence-corrected chi connectivity index (χ4v) is 4.79. The van der Waals surface area contributed by atoms with Crippen LogP contribution in [0, 0.1) is 5.92 Å². The van der Waals surface area contributed by atoms with Gasteiger partial charge in [-0.15, -0.1) is 0 Å². The lowest BCUT2D eigenvalue weighted by Gasteiger charge is -2.33. The summed E-state index contributed by atoms with van der Waals surface area (Å²) < 4.78 is 0. The lowest BCUT2D eigenvalue weighted by Crippen LogP contribution is -2.16. The van der Waals surface area contributed by atoms with Crippen LogP contribution in [0.15, 0.2) is 41.4 Å². The van der Waals surface area contributed by atoms with E-state index >= 15 is 0 Å².